The summed E-state index contributed by atoms with van der Waals surface area (Å²) in [5, 5.41) is 12.1. The molecule has 0 saturated carbocycles. The molecule has 1 aliphatic rings. The van der Waals surface area contributed by atoms with Crippen molar-refractivity contribution in [2.24, 2.45) is 0 Å². The number of hydrogen-bond donors (Lipinski definition) is 2. The van der Waals surface area contributed by atoms with Gasteiger partial charge in [0, 0.05) is 12.6 Å². The van der Waals surface area contributed by atoms with Gasteiger partial charge in [-0.2, -0.15) is 0 Å². The Hall–Kier alpha value is -1.07. The van der Waals surface area contributed by atoms with Crippen LogP contribution in [-0.4, -0.2) is 31.9 Å². The average Bonchev–Trinajstić information content (AvgIpc) is 2.29. The summed E-state index contributed by atoms with van der Waals surface area (Å²) in [5.74, 6) is 0.115. The van der Waals surface area contributed by atoms with E-state index in [1.54, 1.807) is 0 Å². The van der Waals surface area contributed by atoms with Crippen LogP contribution in [0.3, 0.4) is 0 Å². The third-order valence-corrected chi connectivity index (χ3v) is 5.34. The van der Waals surface area contributed by atoms with Crippen LogP contribution in [0.15, 0.2) is 17.0 Å². The van der Waals surface area contributed by atoms with Crippen molar-refractivity contribution in [3.63, 3.8) is 0 Å². The van der Waals surface area contributed by atoms with Crippen LogP contribution in [0.1, 0.15) is 24.0 Å². The molecule has 2 N–H and O–H groups in total. The van der Waals surface area contributed by atoms with Gasteiger partial charge in [0.2, 0.25) is 0 Å². The quantitative estimate of drug-likeness (QED) is 0.875. The van der Waals surface area contributed by atoms with Gasteiger partial charge >= 0.3 is 0 Å². The van der Waals surface area contributed by atoms with Crippen LogP contribution in [0, 0.1) is 13.8 Å². The SMILES string of the molecule is Cc1ccc(C)c2c1NC(CCCO)CS2(=O)=O. The maximum atomic E-state index is 12.3. The summed E-state index contributed by atoms with van der Waals surface area (Å²) in [6.07, 6.45) is 1.29. The van der Waals surface area contributed by atoms with Crippen molar-refractivity contribution < 1.29 is 13.5 Å². The summed E-state index contributed by atoms with van der Waals surface area (Å²) in [5.41, 5.74) is 2.49. The predicted molar refractivity (Wildman–Crippen MR) is 71.7 cm³/mol. The Morgan fingerprint density at radius 1 is 1.33 bits per heavy atom. The van der Waals surface area contributed by atoms with Crippen LogP contribution in [0.4, 0.5) is 5.69 Å². The highest BCUT2D eigenvalue weighted by atomic mass is 32.2. The number of rotatable bonds is 3. The molecule has 0 aliphatic carbocycles. The first-order chi connectivity index (χ1) is 8.45. The molecule has 1 aromatic rings. The molecule has 1 unspecified atom stereocenters. The molecule has 1 atom stereocenters. The second kappa shape index (κ2) is 4.90. The van der Waals surface area contributed by atoms with Crippen molar-refractivity contribution in [3.8, 4) is 0 Å². The van der Waals surface area contributed by atoms with Gasteiger partial charge in [-0.15, -0.1) is 0 Å². The topological polar surface area (TPSA) is 66.4 Å². The van der Waals surface area contributed by atoms with Gasteiger partial charge in [-0.25, -0.2) is 8.42 Å². The van der Waals surface area contributed by atoms with E-state index in [9.17, 15) is 8.42 Å². The van der Waals surface area contributed by atoms with Gasteiger partial charge in [-0.3, -0.25) is 0 Å². The van der Waals surface area contributed by atoms with E-state index in [-0.39, 0.29) is 18.4 Å². The molecule has 1 aromatic carbocycles. The lowest BCUT2D eigenvalue weighted by molar-refractivity contribution is 0.282. The fraction of sp³-hybridized carbons (Fsp3) is 0.538. The molecular weight excluding hydrogens is 250 g/mol. The van der Waals surface area contributed by atoms with Crippen molar-refractivity contribution in [2.45, 2.75) is 37.6 Å². The molecule has 4 nitrogen and oxygen atoms in total. The Balaban J connectivity index is 2.44. The van der Waals surface area contributed by atoms with Gasteiger partial charge in [0.25, 0.3) is 0 Å². The van der Waals surface area contributed by atoms with Gasteiger partial charge in [0.15, 0.2) is 9.84 Å². The second-order valence-corrected chi connectivity index (χ2v) is 6.86. The van der Waals surface area contributed by atoms with Crippen molar-refractivity contribution in [3.05, 3.63) is 23.3 Å². The Kier molecular flexibility index (Phi) is 3.64. The molecule has 0 aromatic heterocycles. The van der Waals surface area contributed by atoms with Crippen LogP contribution in [0.25, 0.3) is 0 Å². The number of nitrogens with one attached hydrogen (secondary N) is 1. The molecule has 1 aliphatic heterocycles. The molecule has 0 saturated heterocycles. The standard InChI is InChI=1S/C13H19NO3S/c1-9-5-6-10(2)13-12(9)14-11(4-3-7-15)8-18(13,16)17/h5-6,11,14-15H,3-4,7-8H2,1-2H3. The van der Waals surface area contributed by atoms with Gasteiger partial charge in [-0.05, 0) is 37.8 Å². The van der Waals surface area contributed by atoms with Crippen molar-refractivity contribution >= 4 is 15.5 Å². The van der Waals surface area contributed by atoms with Crippen LogP contribution < -0.4 is 5.32 Å². The highest BCUT2D eigenvalue weighted by Gasteiger charge is 2.31. The molecule has 18 heavy (non-hydrogen) atoms. The van der Waals surface area contributed by atoms with Crippen molar-refractivity contribution in [2.75, 3.05) is 17.7 Å². The number of sulfone groups is 1. The molecule has 0 fully saturated rings. The molecule has 0 bridgehead atoms. The van der Waals surface area contributed by atoms with E-state index in [2.05, 4.69) is 5.32 Å². The summed E-state index contributed by atoms with van der Waals surface area (Å²) in [7, 11) is -3.22. The van der Waals surface area contributed by atoms with Crippen LogP contribution >= 0.6 is 0 Å². The Bertz CT molecular complexity index is 552. The lowest BCUT2D eigenvalue weighted by atomic mass is 10.1. The number of hydrogen-bond acceptors (Lipinski definition) is 4. The minimum atomic E-state index is -3.22. The van der Waals surface area contributed by atoms with E-state index >= 15 is 0 Å². The molecule has 2 rings (SSSR count). The zero-order valence-corrected chi connectivity index (χ0v) is 11.5. The second-order valence-electron chi connectivity index (χ2n) is 4.89. The number of aryl methyl sites for hydroxylation is 2. The highest BCUT2D eigenvalue weighted by molar-refractivity contribution is 7.91. The molecule has 5 heteroatoms. The maximum Gasteiger partial charge on any atom is 0.182 e. The molecule has 0 radical (unpaired) electrons. The van der Waals surface area contributed by atoms with E-state index < -0.39 is 9.84 Å². The summed E-state index contributed by atoms with van der Waals surface area (Å²) in [4.78, 5) is 0.447. The third kappa shape index (κ3) is 2.37. The Morgan fingerprint density at radius 3 is 2.67 bits per heavy atom. The van der Waals surface area contributed by atoms with E-state index in [4.69, 9.17) is 5.11 Å². The number of aliphatic hydroxyl groups excluding tert-OH is 1. The monoisotopic (exact) mass is 269 g/mol. The van der Waals surface area contributed by atoms with Crippen LogP contribution in [-0.2, 0) is 9.84 Å². The fourth-order valence-electron chi connectivity index (χ4n) is 2.45. The van der Waals surface area contributed by atoms with Gasteiger partial charge in [0.1, 0.15) is 0 Å². The summed E-state index contributed by atoms with van der Waals surface area (Å²) >= 11 is 0. The zero-order chi connectivity index (χ0) is 13.3. The summed E-state index contributed by atoms with van der Waals surface area (Å²) in [6, 6.07) is 3.68. The highest BCUT2D eigenvalue weighted by Crippen LogP contribution is 2.34. The third-order valence-electron chi connectivity index (χ3n) is 3.35. The Morgan fingerprint density at radius 2 is 2.00 bits per heavy atom. The smallest absolute Gasteiger partial charge is 0.182 e. The molecule has 1 heterocycles. The first-order valence-electron chi connectivity index (χ1n) is 6.16. The lowest BCUT2D eigenvalue weighted by Crippen LogP contribution is -2.35. The summed E-state index contributed by atoms with van der Waals surface area (Å²) in [6.45, 7) is 3.83. The molecular formula is C13H19NO3S. The van der Waals surface area contributed by atoms with E-state index in [0.29, 0.717) is 17.7 Å². The van der Waals surface area contributed by atoms with Crippen LogP contribution in [0.5, 0.6) is 0 Å². The first kappa shape index (κ1) is 13.4. The van der Waals surface area contributed by atoms with E-state index in [1.807, 2.05) is 26.0 Å². The molecule has 0 amide bonds. The van der Waals surface area contributed by atoms with E-state index in [1.165, 1.54) is 0 Å². The van der Waals surface area contributed by atoms with Crippen LogP contribution in [0.2, 0.25) is 0 Å². The minimum Gasteiger partial charge on any atom is -0.396 e. The van der Waals surface area contributed by atoms with Gasteiger partial charge in [-0.1, -0.05) is 12.1 Å². The molecule has 0 spiro atoms. The average molecular weight is 269 g/mol. The van der Waals surface area contributed by atoms with Crippen molar-refractivity contribution in [1.82, 2.24) is 0 Å². The first-order valence-corrected chi connectivity index (χ1v) is 7.81. The fourth-order valence-corrected chi connectivity index (χ4v) is 4.49. The number of anilines is 1. The van der Waals surface area contributed by atoms with Gasteiger partial charge < -0.3 is 10.4 Å². The number of benzene rings is 1. The number of aliphatic hydroxyl groups is 1. The lowest BCUT2D eigenvalue weighted by Gasteiger charge is -2.29. The van der Waals surface area contributed by atoms with E-state index in [0.717, 1.165) is 16.8 Å². The maximum absolute atomic E-state index is 12.3. The predicted octanol–water partition coefficient (Wildman–Crippen LogP) is 1.64. The minimum absolute atomic E-state index is 0.0951. The Labute approximate surface area is 108 Å². The van der Waals surface area contributed by atoms with Crippen molar-refractivity contribution in [1.29, 1.82) is 0 Å². The normalized spacial score (nSPS) is 21.2. The largest absolute Gasteiger partial charge is 0.396 e. The number of fused-ring (bicyclic) bond motifs is 1. The molecule has 100 valence electrons. The summed E-state index contributed by atoms with van der Waals surface area (Å²) < 4.78 is 24.6. The van der Waals surface area contributed by atoms with Gasteiger partial charge in [0.05, 0.1) is 16.3 Å². The zero-order valence-electron chi connectivity index (χ0n) is 10.7.